The van der Waals surface area contributed by atoms with Gasteiger partial charge in [-0.15, -0.1) is 0 Å². The van der Waals surface area contributed by atoms with Gasteiger partial charge in [0.1, 0.15) is 5.75 Å². The number of β-amino-alcohol motifs (C(OH)–C–C–N with tert-alkyl or cyclic N) is 1. The van der Waals surface area contributed by atoms with Crippen molar-refractivity contribution >= 4 is 0 Å². The van der Waals surface area contributed by atoms with Crippen LogP contribution in [0, 0.1) is 0 Å². The molecule has 1 aliphatic rings. The Bertz CT molecular complexity index is 599. The van der Waals surface area contributed by atoms with Crippen molar-refractivity contribution in [3.8, 4) is 5.75 Å². The lowest BCUT2D eigenvalue weighted by atomic mass is 9.99. The van der Waals surface area contributed by atoms with Gasteiger partial charge in [-0.2, -0.15) is 0 Å². The summed E-state index contributed by atoms with van der Waals surface area (Å²) in [5, 5.41) is 10.5. The fourth-order valence-electron chi connectivity index (χ4n) is 3.19. The van der Waals surface area contributed by atoms with E-state index in [1.807, 2.05) is 24.3 Å². The summed E-state index contributed by atoms with van der Waals surface area (Å²) in [4.78, 5) is 2.35. The fourth-order valence-corrected chi connectivity index (χ4v) is 3.19. The molecule has 3 heteroatoms. The van der Waals surface area contributed by atoms with Crippen molar-refractivity contribution in [2.45, 2.75) is 18.4 Å². The zero-order valence-corrected chi connectivity index (χ0v) is 13.0. The van der Waals surface area contributed by atoms with Crippen molar-refractivity contribution in [3.63, 3.8) is 0 Å². The number of aliphatic hydroxyl groups excluding tert-OH is 1. The van der Waals surface area contributed by atoms with Crippen LogP contribution < -0.4 is 4.74 Å². The molecule has 1 saturated heterocycles. The van der Waals surface area contributed by atoms with Gasteiger partial charge in [-0.05, 0) is 42.1 Å². The van der Waals surface area contributed by atoms with E-state index in [1.54, 1.807) is 7.11 Å². The van der Waals surface area contributed by atoms with E-state index in [9.17, 15) is 5.11 Å². The van der Waals surface area contributed by atoms with Gasteiger partial charge in [0.05, 0.1) is 13.2 Å². The molecule has 2 aromatic rings. The van der Waals surface area contributed by atoms with E-state index < -0.39 is 6.10 Å². The van der Waals surface area contributed by atoms with Gasteiger partial charge in [0.2, 0.25) is 0 Å². The minimum atomic E-state index is -0.468. The van der Waals surface area contributed by atoms with E-state index in [4.69, 9.17) is 4.74 Å². The van der Waals surface area contributed by atoms with Gasteiger partial charge in [-0.3, -0.25) is 4.90 Å². The van der Waals surface area contributed by atoms with Crippen LogP contribution in [0.5, 0.6) is 5.75 Å². The summed E-state index contributed by atoms with van der Waals surface area (Å²) in [7, 11) is 1.65. The standard InChI is InChI=1S/C19H23NO2/c1-22-18-9-5-8-16(12-18)19(21)14-20-11-10-17(13-20)15-6-3-2-4-7-15/h2-9,12,17,19,21H,10-11,13-14H2,1H3. The minimum Gasteiger partial charge on any atom is -0.497 e. The second-order valence-corrected chi connectivity index (χ2v) is 5.95. The topological polar surface area (TPSA) is 32.7 Å². The highest BCUT2D eigenvalue weighted by Gasteiger charge is 2.25. The molecule has 0 spiro atoms. The summed E-state index contributed by atoms with van der Waals surface area (Å²) in [5.74, 6) is 1.37. The van der Waals surface area contributed by atoms with E-state index >= 15 is 0 Å². The van der Waals surface area contributed by atoms with Crippen LogP contribution in [0.1, 0.15) is 29.6 Å². The van der Waals surface area contributed by atoms with E-state index in [1.165, 1.54) is 5.56 Å². The fraction of sp³-hybridized carbons (Fsp3) is 0.368. The summed E-state index contributed by atoms with van der Waals surface area (Å²) in [6.45, 7) is 2.74. The Morgan fingerprint density at radius 1 is 1.18 bits per heavy atom. The molecule has 2 unspecified atom stereocenters. The van der Waals surface area contributed by atoms with Gasteiger partial charge in [0.15, 0.2) is 0 Å². The predicted octanol–water partition coefficient (Wildman–Crippen LogP) is 3.22. The molecule has 2 aromatic carbocycles. The molecule has 1 aliphatic heterocycles. The third kappa shape index (κ3) is 3.49. The van der Waals surface area contributed by atoms with Crippen LogP contribution in [0.4, 0.5) is 0 Å². The van der Waals surface area contributed by atoms with Crippen LogP contribution in [0.2, 0.25) is 0 Å². The molecule has 0 aliphatic carbocycles. The highest BCUT2D eigenvalue weighted by atomic mass is 16.5. The molecule has 2 atom stereocenters. The van der Waals surface area contributed by atoms with E-state index in [0.717, 1.165) is 30.8 Å². The summed E-state index contributed by atoms with van der Waals surface area (Å²) < 4.78 is 5.23. The first-order valence-corrected chi connectivity index (χ1v) is 7.85. The second kappa shape index (κ2) is 6.95. The van der Waals surface area contributed by atoms with Crippen molar-refractivity contribution in [3.05, 3.63) is 65.7 Å². The van der Waals surface area contributed by atoms with Gasteiger partial charge in [-0.25, -0.2) is 0 Å². The molecule has 1 N–H and O–H groups in total. The third-order valence-corrected chi connectivity index (χ3v) is 4.45. The molecule has 3 nitrogen and oxygen atoms in total. The Balaban J connectivity index is 1.60. The molecule has 1 fully saturated rings. The summed E-state index contributed by atoms with van der Waals surface area (Å²) in [6, 6.07) is 18.4. The summed E-state index contributed by atoms with van der Waals surface area (Å²) in [5.41, 5.74) is 2.32. The van der Waals surface area contributed by atoms with Gasteiger partial charge >= 0.3 is 0 Å². The maximum atomic E-state index is 10.5. The van der Waals surface area contributed by atoms with Crippen LogP contribution in [-0.2, 0) is 0 Å². The third-order valence-electron chi connectivity index (χ3n) is 4.45. The Labute approximate surface area is 132 Å². The molecule has 0 amide bonds. The lowest BCUT2D eigenvalue weighted by Crippen LogP contribution is -2.26. The maximum absolute atomic E-state index is 10.5. The lowest BCUT2D eigenvalue weighted by Gasteiger charge is -2.20. The first kappa shape index (κ1) is 15.1. The number of benzene rings is 2. The predicted molar refractivity (Wildman–Crippen MR) is 88.2 cm³/mol. The van der Waals surface area contributed by atoms with Crippen LogP contribution in [-0.4, -0.2) is 36.8 Å². The molecule has 116 valence electrons. The number of methoxy groups -OCH3 is 1. The Morgan fingerprint density at radius 2 is 2.00 bits per heavy atom. The normalized spacial score (nSPS) is 20.0. The first-order valence-electron chi connectivity index (χ1n) is 7.85. The number of hydrogen-bond donors (Lipinski definition) is 1. The zero-order valence-electron chi connectivity index (χ0n) is 13.0. The number of ether oxygens (including phenoxy) is 1. The molecular formula is C19H23NO2. The zero-order chi connectivity index (χ0) is 15.4. The molecule has 0 bridgehead atoms. The SMILES string of the molecule is COc1cccc(C(O)CN2CCC(c3ccccc3)C2)c1. The smallest absolute Gasteiger partial charge is 0.119 e. The minimum absolute atomic E-state index is 0.468. The lowest BCUT2D eigenvalue weighted by molar-refractivity contribution is 0.125. The van der Waals surface area contributed by atoms with Crippen molar-refractivity contribution in [1.29, 1.82) is 0 Å². The largest absolute Gasteiger partial charge is 0.497 e. The van der Waals surface area contributed by atoms with E-state index in [-0.39, 0.29) is 0 Å². The van der Waals surface area contributed by atoms with Crippen molar-refractivity contribution < 1.29 is 9.84 Å². The quantitative estimate of drug-likeness (QED) is 0.920. The summed E-state index contributed by atoms with van der Waals surface area (Å²) >= 11 is 0. The number of hydrogen-bond acceptors (Lipinski definition) is 3. The average molecular weight is 297 g/mol. The molecule has 0 radical (unpaired) electrons. The number of aliphatic hydroxyl groups is 1. The summed E-state index contributed by atoms with van der Waals surface area (Å²) in [6.07, 6.45) is 0.694. The highest BCUT2D eigenvalue weighted by molar-refractivity contribution is 5.30. The Kier molecular flexibility index (Phi) is 4.76. The molecule has 1 heterocycles. The van der Waals surface area contributed by atoms with Gasteiger partial charge < -0.3 is 9.84 Å². The monoisotopic (exact) mass is 297 g/mol. The van der Waals surface area contributed by atoms with Gasteiger partial charge in [0, 0.05) is 13.1 Å². The average Bonchev–Trinajstić information content (AvgIpc) is 3.04. The van der Waals surface area contributed by atoms with Crippen LogP contribution in [0.3, 0.4) is 0 Å². The molecule has 3 rings (SSSR count). The van der Waals surface area contributed by atoms with Crippen molar-refractivity contribution in [2.24, 2.45) is 0 Å². The van der Waals surface area contributed by atoms with Gasteiger partial charge in [-0.1, -0.05) is 42.5 Å². The molecular weight excluding hydrogens is 274 g/mol. The van der Waals surface area contributed by atoms with Crippen LogP contribution in [0.15, 0.2) is 54.6 Å². The number of rotatable bonds is 5. The van der Waals surface area contributed by atoms with Gasteiger partial charge in [0.25, 0.3) is 0 Å². The highest BCUT2D eigenvalue weighted by Crippen LogP contribution is 2.28. The number of likely N-dealkylation sites (tertiary alicyclic amines) is 1. The van der Waals surface area contributed by atoms with Crippen molar-refractivity contribution in [2.75, 3.05) is 26.7 Å². The maximum Gasteiger partial charge on any atom is 0.119 e. The Hall–Kier alpha value is -1.84. The van der Waals surface area contributed by atoms with Crippen LogP contribution >= 0.6 is 0 Å². The molecule has 0 saturated carbocycles. The van der Waals surface area contributed by atoms with E-state index in [2.05, 4.69) is 35.2 Å². The Morgan fingerprint density at radius 3 is 2.77 bits per heavy atom. The van der Waals surface area contributed by atoms with Crippen molar-refractivity contribution in [1.82, 2.24) is 4.90 Å². The van der Waals surface area contributed by atoms with E-state index in [0.29, 0.717) is 12.5 Å². The first-order chi connectivity index (χ1) is 10.8. The molecule has 22 heavy (non-hydrogen) atoms. The molecule has 0 aromatic heterocycles. The second-order valence-electron chi connectivity index (χ2n) is 5.95. The van der Waals surface area contributed by atoms with Crippen LogP contribution in [0.25, 0.3) is 0 Å². The number of nitrogens with zero attached hydrogens (tertiary/aromatic N) is 1.